The van der Waals surface area contributed by atoms with Crippen molar-refractivity contribution in [3.63, 3.8) is 0 Å². The van der Waals surface area contributed by atoms with Gasteiger partial charge in [-0.05, 0) is 32.9 Å². The Hall–Kier alpha value is -1.73. The second kappa shape index (κ2) is 7.23. The molecule has 2 atom stereocenters. The third kappa shape index (κ3) is 3.79. The molecule has 0 unspecified atom stereocenters. The van der Waals surface area contributed by atoms with Crippen LogP contribution in [0, 0.1) is 0 Å². The normalized spacial score (nSPS) is 24.8. The zero-order valence-electron chi connectivity index (χ0n) is 13.7. The maximum Gasteiger partial charge on any atom is 0.376 e. The van der Waals surface area contributed by atoms with Gasteiger partial charge in [-0.2, -0.15) is 4.98 Å². The molecule has 2 saturated heterocycles. The zero-order chi connectivity index (χ0) is 16.2. The zero-order valence-corrected chi connectivity index (χ0v) is 13.7. The molecule has 1 aromatic heterocycles. The average Bonchev–Trinajstić information content (AvgIpc) is 3.23. The molecule has 0 aromatic carbocycles. The van der Waals surface area contributed by atoms with Gasteiger partial charge in [0.05, 0.1) is 19.4 Å². The van der Waals surface area contributed by atoms with E-state index in [1.807, 2.05) is 6.07 Å². The van der Waals surface area contributed by atoms with Gasteiger partial charge in [-0.1, -0.05) is 0 Å². The van der Waals surface area contributed by atoms with E-state index in [1.165, 1.54) is 13.5 Å². The molecule has 2 fully saturated rings. The Bertz CT molecular complexity index is 560. The van der Waals surface area contributed by atoms with Gasteiger partial charge in [0, 0.05) is 24.6 Å². The minimum atomic E-state index is -0.548. The van der Waals surface area contributed by atoms with Crippen molar-refractivity contribution >= 4 is 5.97 Å². The van der Waals surface area contributed by atoms with Crippen LogP contribution in [0.5, 0.6) is 5.88 Å². The lowest BCUT2D eigenvalue weighted by Gasteiger charge is -2.19. The van der Waals surface area contributed by atoms with Gasteiger partial charge < -0.3 is 19.1 Å². The van der Waals surface area contributed by atoms with Gasteiger partial charge in [-0.3, -0.25) is 0 Å². The molecule has 3 heterocycles. The first kappa shape index (κ1) is 16.1. The summed E-state index contributed by atoms with van der Waals surface area (Å²) in [6, 6.07) is 2.21. The lowest BCUT2D eigenvalue weighted by molar-refractivity contribution is 0.0584. The monoisotopic (exact) mass is 321 g/mol. The molecule has 0 bridgehead atoms. The van der Waals surface area contributed by atoms with Crippen LogP contribution in [0.25, 0.3) is 0 Å². The number of ether oxygens (including phenoxy) is 3. The molecule has 3 rings (SSSR count). The number of hydrogen-bond acceptors (Lipinski definition) is 7. The number of likely N-dealkylation sites (tertiary alicyclic amines) is 1. The van der Waals surface area contributed by atoms with Crippen LogP contribution in [-0.4, -0.2) is 67.4 Å². The standard InChI is InChI=1S/C16H23N3O4/c1-19-6-3-4-12(19)10-23-14-8-13(11-5-7-22-9-11)17-15(18-14)16(20)21-2/h8,11-12H,3-7,9-10H2,1-2H3/t11-,12-/m0/s1. The Labute approximate surface area is 136 Å². The topological polar surface area (TPSA) is 73.8 Å². The lowest BCUT2D eigenvalue weighted by Crippen LogP contribution is -2.30. The van der Waals surface area contributed by atoms with Crippen LogP contribution in [0.1, 0.15) is 41.5 Å². The molecule has 2 aliphatic rings. The SMILES string of the molecule is COC(=O)c1nc(OC[C@@H]2CCCN2C)cc([C@H]2CCOC2)n1. The van der Waals surface area contributed by atoms with Crippen molar-refractivity contribution in [1.82, 2.24) is 14.9 Å². The summed E-state index contributed by atoms with van der Waals surface area (Å²) in [7, 11) is 3.42. The van der Waals surface area contributed by atoms with Crippen molar-refractivity contribution in [2.75, 3.05) is 40.5 Å². The van der Waals surface area contributed by atoms with Crippen molar-refractivity contribution < 1.29 is 19.0 Å². The fraction of sp³-hybridized carbons (Fsp3) is 0.688. The maximum atomic E-state index is 11.8. The molecule has 2 aliphatic heterocycles. The Morgan fingerprint density at radius 1 is 1.43 bits per heavy atom. The smallest absolute Gasteiger partial charge is 0.376 e. The number of hydrogen-bond donors (Lipinski definition) is 0. The molecule has 1 aromatic rings. The molecule has 7 heteroatoms. The van der Waals surface area contributed by atoms with E-state index in [1.54, 1.807) is 0 Å². The predicted octanol–water partition coefficient (Wildman–Crippen LogP) is 1.24. The summed E-state index contributed by atoms with van der Waals surface area (Å²) >= 11 is 0. The lowest BCUT2D eigenvalue weighted by atomic mass is 10.0. The molecule has 0 N–H and O–H groups in total. The van der Waals surface area contributed by atoms with Crippen LogP contribution in [-0.2, 0) is 9.47 Å². The average molecular weight is 321 g/mol. The molecule has 23 heavy (non-hydrogen) atoms. The summed E-state index contributed by atoms with van der Waals surface area (Å²) in [6.45, 7) is 2.98. The molecule has 0 aliphatic carbocycles. The molecule has 0 saturated carbocycles. The molecule has 0 radical (unpaired) electrons. The van der Waals surface area contributed by atoms with Crippen molar-refractivity contribution in [3.8, 4) is 5.88 Å². The number of aromatic nitrogens is 2. The second-order valence-corrected chi connectivity index (χ2v) is 6.09. The number of nitrogens with zero attached hydrogens (tertiary/aromatic N) is 3. The van der Waals surface area contributed by atoms with Crippen molar-refractivity contribution in [2.24, 2.45) is 0 Å². The molecule has 7 nitrogen and oxygen atoms in total. The molecule has 0 amide bonds. The largest absolute Gasteiger partial charge is 0.476 e. The predicted molar refractivity (Wildman–Crippen MR) is 82.7 cm³/mol. The van der Waals surface area contributed by atoms with E-state index in [0.717, 1.165) is 25.1 Å². The van der Waals surface area contributed by atoms with Gasteiger partial charge in [0.15, 0.2) is 0 Å². The van der Waals surface area contributed by atoms with E-state index in [0.29, 0.717) is 31.7 Å². The van der Waals surface area contributed by atoms with E-state index in [4.69, 9.17) is 14.2 Å². The molecule has 126 valence electrons. The van der Waals surface area contributed by atoms with Crippen LogP contribution in [0.2, 0.25) is 0 Å². The number of methoxy groups -OCH3 is 1. The van der Waals surface area contributed by atoms with Crippen LogP contribution >= 0.6 is 0 Å². The van der Waals surface area contributed by atoms with Crippen molar-refractivity contribution in [2.45, 2.75) is 31.2 Å². The minimum absolute atomic E-state index is 0.0478. The van der Waals surface area contributed by atoms with Gasteiger partial charge in [-0.25, -0.2) is 9.78 Å². The maximum absolute atomic E-state index is 11.8. The Morgan fingerprint density at radius 3 is 2.96 bits per heavy atom. The third-order valence-corrected chi connectivity index (χ3v) is 4.53. The minimum Gasteiger partial charge on any atom is -0.476 e. The fourth-order valence-electron chi connectivity index (χ4n) is 3.05. The van der Waals surface area contributed by atoms with Gasteiger partial charge in [-0.15, -0.1) is 0 Å². The molecule has 0 spiro atoms. The van der Waals surface area contributed by atoms with Crippen LogP contribution in [0.4, 0.5) is 0 Å². The number of esters is 1. The van der Waals surface area contributed by atoms with Crippen LogP contribution in [0.15, 0.2) is 6.07 Å². The summed E-state index contributed by atoms with van der Waals surface area (Å²) in [5, 5.41) is 0. The molecular weight excluding hydrogens is 298 g/mol. The summed E-state index contributed by atoms with van der Waals surface area (Å²) in [5.41, 5.74) is 0.785. The number of carbonyl (C=O) groups is 1. The van der Waals surface area contributed by atoms with E-state index < -0.39 is 5.97 Å². The first-order valence-corrected chi connectivity index (χ1v) is 8.05. The highest BCUT2D eigenvalue weighted by molar-refractivity contribution is 5.85. The summed E-state index contributed by atoms with van der Waals surface area (Å²) in [4.78, 5) is 22.6. The quantitative estimate of drug-likeness (QED) is 0.755. The summed E-state index contributed by atoms with van der Waals surface area (Å²) < 4.78 is 16.0. The first-order valence-electron chi connectivity index (χ1n) is 8.05. The molecular formula is C16H23N3O4. The highest BCUT2D eigenvalue weighted by Crippen LogP contribution is 2.26. The Kier molecular flexibility index (Phi) is 5.07. The Morgan fingerprint density at radius 2 is 2.30 bits per heavy atom. The van der Waals surface area contributed by atoms with Gasteiger partial charge >= 0.3 is 5.97 Å². The van der Waals surface area contributed by atoms with Crippen LogP contribution in [0.3, 0.4) is 0 Å². The summed E-state index contributed by atoms with van der Waals surface area (Å²) in [5.74, 6) is 0.112. The first-order chi connectivity index (χ1) is 11.2. The van der Waals surface area contributed by atoms with E-state index in [-0.39, 0.29) is 11.7 Å². The van der Waals surface area contributed by atoms with Crippen molar-refractivity contribution in [3.05, 3.63) is 17.6 Å². The van der Waals surface area contributed by atoms with E-state index in [2.05, 4.69) is 21.9 Å². The van der Waals surface area contributed by atoms with Crippen LogP contribution < -0.4 is 4.74 Å². The number of carbonyl (C=O) groups excluding carboxylic acids is 1. The summed E-state index contributed by atoms with van der Waals surface area (Å²) in [6.07, 6.45) is 3.20. The third-order valence-electron chi connectivity index (χ3n) is 4.53. The van der Waals surface area contributed by atoms with E-state index >= 15 is 0 Å². The number of rotatable bonds is 5. The highest BCUT2D eigenvalue weighted by Gasteiger charge is 2.25. The van der Waals surface area contributed by atoms with Gasteiger partial charge in [0.1, 0.15) is 6.61 Å². The van der Waals surface area contributed by atoms with Gasteiger partial charge in [0.25, 0.3) is 0 Å². The number of likely N-dealkylation sites (N-methyl/N-ethyl adjacent to an activating group) is 1. The Balaban J connectivity index is 1.77. The van der Waals surface area contributed by atoms with Gasteiger partial charge in [0.2, 0.25) is 11.7 Å². The van der Waals surface area contributed by atoms with E-state index in [9.17, 15) is 4.79 Å². The second-order valence-electron chi connectivity index (χ2n) is 6.09. The fourth-order valence-corrected chi connectivity index (χ4v) is 3.05. The highest BCUT2D eigenvalue weighted by atomic mass is 16.5. The van der Waals surface area contributed by atoms with Crippen molar-refractivity contribution in [1.29, 1.82) is 0 Å².